The van der Waals surface area contributed by atoms with Crippen LogP contribution in [0.15, 0.2) is 24.3 Å². The normalized spacial score (nSPS) is 24.7. The number of benzene rings is 1. The molecule has 10 heteroatoms. The van der Waals surface area contributed by atoms with Gasteiger partial charge in [-0.1, -0.05) is 12.1 Å². The van der Waals surface area contributed by atoms with Crippen LogP contribution in [0.1, 0.15) is 18.9 Å². The number of carbonyl (C=O) groups is 1. The second-order valence-electron chi connectivity index (χ2n) is 6.52. The molecule has 1 saturated heterocycles. The number of nitrogens with one attached hydrogen (secondary N) is 1. The molecular formula is C17H27FN2O5S2. The number of thioether (sulfide) groups is 1. The van der Waals surface area contributed by atoms with Crippen LogP contribution < -0.4 is 10.1 Å². The van der Waals surface area contributed by atoms with Gasteiger partial charge in [-0.3, -0.25) is 4.79 Å². The predicted octanol–water partition coefficient (Wildman–Crippen LogP) is 1.70. The number of rotatable bonds is 6. The molecule has 1 amide bonds. The zero-order valence-electron chi connectivity index (χ0n) is 16.0. The molecule has 0 saturated carbocycles. The van der Waals surface area contributed by atoms with Crippen molar-refractivity contribution in [3.05, 3.63) is 29.8 Å². The van der Waals surface area contributed by atoms with Crippen LogP contribution in [-0.4, -0.2) is 68.9 Å². The first-order chi connectivity index (χ1) is 12.5. The van der Waals surface area contributed by atoms with E-state index in [9.17, 15) is 8.68 Å². The van der Waals surface area contributed by atoms with E-state index >= 15 is 0 Å². The molecule has 27 heavy (non-hydrogen) atoms. The van der Waals surface area contributed by atoms with E-state index in [1.54, 1.807) is 14.2 Å². The lowest BCUT2D eigenvalue weighted by Gasteiger charge is -2.33. The molecule has 0 aromatic heterocycles. The molecule has 7 nitrogen and oxygen atoms in total. The third-order valence-corrected chi connectivity index (χ3v) is 6.09. The third kappa shape index (κ3) is 8.04. The number of likely N-dealkylation sites (tertiary alicyclic amines) is 1. The molecule has 1 unspecified atom stereocenters. The van der Waals surface area contributed by atoms with E-state index in [-0.39, 0.29) is 11.9 Å². The second kappa shape index (κ2) is 10.3. The number of likely N-dealkylation sites (N-methyl/N-ethyl adjacent to an activating group) is 2. The summed E-state index contributed by atoms with van der Waals surface area (Å²) in [5.74, 6) is 2.06. The topological polar surface area (TPSA) is 95.5 Å². The van der Waals surface area contributed by atoms with Crippen molar-refractivity contribution in [2.24, 2.45) is 0 Å². The Morgan fingerprint density at radius 1 is 1.41 bits per heavy atom. The van der Waals surface area contributed by atoms with Crippen molar-refractivity contribution in [1.82, 2.24) is 5.32 Å². The number of halogens is 1. The highest BCUT2D eigenvalue weighted by Gasteiger charge is 2.46. The Bertz CT molecular complexity index is 707. The van der Waals surface area contributed by atoms with Gasteiger partial charge in [-0.25, -0.2) is 8.42 Å². The van der Waals surface area contributed by atoms with Crippen molar-refractivity contribution in [3.63, 3.8) is 0 Å². The van der Waals surface area contributed by atoms with Crippen molar-refractivity contribution in [3.8, 4) is 5.75 Å². The molecule has 1 aliphatic heterocycles. The lowest BCUT2D eigenvalue weighted by Crippen LogP contribution is -2.54. The predicted molar refractivity (Wildman–Crippen MR) is 103 cm³/mol. The Kier molecular flexibility index (Phi) is 9.00. The smallest absolute Gasteiger partial charge is 0.278 e. The summed E-state index contributed by atoms with van der Waals surface area (Å²) in [6, 6.07) is 8.33. The van der Waals surface area contributed by atoms with E-state index in [0.717, 1.165) is 35.5 Å². The van der Waals surface area contributed by atoms with E-state index in [1.807, 2.05) is 23.9 Å². The van der Waals surface area contributed by atoms with Gasteiger partial charge in [0.25, 0.3) is 16.4 Å². The van der Waals surface area contributed by atoms with Crippen molar-refractivity contribution in [2.75, 3.05) is 34.3 Å². The van der Waals surface area contributed by atoms with Gasteiger partial charge in [-0.05, 0) is 24.6 Å². The Hall–Kier alpha value is -1.36. The fourth-order valence-electron chi connectivity index (χ4n) is 3.13. The summed E-state index contributed by atoms with van der Waals surface area (Å²) in [6.45, 7) is 4.24. The molecule has 0 aliphatic carbocycles. The van der Waals surface area contributed by atoms with E-state index < -0.39 is 10.5 Å². The minimum absolute atomic E-state index is 0.0865. The molecule has 1 fully saturated rings. The van der Waals surface area contributed by atoms with Crippen LogP contribution >= 0.6 is 11.8 Å². The second-order valence-corrected chi connectivity index (χ2v) is 8.59. The Morgan fingerprint density at radius 3 is 2.41 bits per heavy atom. The van der Waals surface area contributed by atoms with Crippen LogP contribution in [-0.2, 0) is 21.1 Å². The van der Waals surface area contributed by atoms with Crippen LogP contribution in [0.4, 0.5) is 3.89 Å². The minimum Gasteiger partial charge on any atom is -0.722 e. The average Bonchev–Trinajstić information content (AvgIpc) is 2.96. The minimum atomic E-state index is -5.42. The van der Waals surface area contributed by atoms with Crippen molar-refractivity contribution in [1.29, 1.82) is 0 Å². The number of hydrogen-bond acceptors (Lipinski definition) is 6. The Balaban J connectivity index is 0.000000646. The highest BCUT2D eigenvalue weighted by atomic mass is 32.3. The molecule has 0 radical (unpaired) electrons. The highest BCUT2D eigenvalue weighted by Crippen LogP contribution is 2.34. The number of amides is 1. The van der Waals surface area contributed by atoms with Crippen LogP contribution in [0.2, 0.25) is 0 Å². The summed E-state index contributed by atoms with van der Waals surface area (Å²) in [5, 5.41) is 3.36. The fraction of sp³-hybridized carbons (Fsp3) is 0.588. The zero-order chi connectivity index (χ0) is 20.7. The van der Waals surface area contributed by atoms with Gasteiger partial charge in [0.2, 0.25) is 0 Å². The third-order valence-electron chi connectivity index (χ3n) is 4.78. The van der Waals surface area contributed by atoms with Crippen molar-refractivity contribution < 1.29 is 30.9 Å². The molecular weight excluding hydrogens is 395 g/mol. The lowest BCUT2D eigenvalue weighted by atomic mass is 10.2. The fourth-order valence-corrected chi connectivity index (χ4v) is 4.52. The van der Waals surface area contributed by atoms with Gasteiger partial charge in [0.15, 0.2) is 6.04 Å². The molecule has 3 atom stereocenters. The van der Waals surface area contributed by atoms with Gasteiger partial charge in [-0.2, -0.15) is 0 Å². The SMILES string of the molecule is CC[N+]1(C)C[C@@H](SCc2ccc(OC)cc2)C[C@H]1C(=O)NC.O=S(=O)([O-])F. The standard InChI is InChI=1S/C17H26N2O2S.FHO3S/c1-5-19(3)11-15(10-16(19)17(20)18-2)22-12-13-6-8-14(21-4)9-7-13;1-5(2,3)4/h6-9,15-16H,5,10-12H2,1-4H3;(H,2,3,4)/t15-,16-,19?;/m0./s1. The lowest BCUT2D eigenvalue weighted by molar-refractivity contribution is -0.910. The van der Waals surface area contributed by atoms with Crippen LogP contribution in [0.25, 0.3) is 0 Å². The molecule has 0 bridgehead atoms. The maximum absolute atomic E-state index is 12.1. The molecule has 1 aromatic rings. The van der Waals surface area contributed by atoms with Crippen LogP contribution in [0.3, 0.4) is 0 Å². The first-order valence-corrected chi connectivity index (χ1v) is 10.8. The summed E-state index contributed by atoms with van der Waals surface area (Å²) in [7, 11) is 0.207. The van der Waals surface area contributed by atoms with Gasteiger partial charge in [0.05, 0.1) is 32.5 Å². The van der Waals surface area contributed by atoms with Gasteiger partial charge in [0.1, 0.15) is 5.75 Å². The van der Waals surface area contributed by atoms with Gasteiger partial charge in [-0.15, -0.1) is 15.6 Å². The summed E-state index contributed by atoms with van der Waals surface area (Å²) in [6.07, 6.45) is 0.963. The number of quaternary nitrogens is 1. The quantitative estimate of drug-likeness (QED) is 0.426. The summed E-state index contributed by atoms with van der Waals surface area (Å²) in [5.41, 5.74) is 1.31. The Morgan fingerprint density at radius 2 is 1.96 bits per heavy atom. The monoisotopic (exact) mass is 422 g/mol. The molecule has 1 aliphatic rings. The molecule has 1 heterocycles. The van der Waals surface area contributed by atoms with Gasteiger partial charge >= 0.3 is 0 Å². The Labute approximate surface area is 164 Å². The first kappa shape index (κ1) is 23.7. The van der Waals surface area contributed by atoms with E-state index in [2.05, 4.69) is 31.4 Å². The number of carbonyl (C=O) groups excluding carboxylic acids is 1. The molecule has 154 valence electrons. The summed E-state index contributed by atoms with van der Waals surface area (Å²) in [4.78, 5) is 12.1. The van der Waals surface area contributed by atoms with Gasteiger partial charge < -0.3 is 19.1 Å². The number of ether oxygens (including phenoxy) is 1. The van der Waals surface area contributed by atoms with E-state index in [4.69, 9.17) is 17.7 Å². The zero-order valence-corrected chi connectivity index (χ0v) is 17.6. The highest BCUT2D eigenvalue weighted by molar-refractivity contribution is 7.99. The summed E-state index contributed by atoms with van der Waals surface area (Å²) >= 11 is 1.96. The first-order valence-electron chi connectivity index (χ1n) is 8.48. The number of nitrogens with zero attached hydrogens (tertiary/aromatic N) is 1. The maximum atomic E-state index is 12.1. The van der Waals surface area contributed by atoms with E-state index in [0.29, 0.717) is 5.25 Å². The summed E-state index contributed by atoms with van der Waals surface area (Å²) < 4.78 is 41.4. The molecule has 0 spiro atoms. The van der Waals surface area contributed by atoms with Crippen molar-refractivity contribution >= 4 is 28.2 Å². The van der Waals surface area contributed by atoms with Crippen LogP contribution in [0.5, 0.6) is 5.75 Å². The van der Waals surface area contributed by atoms with Gasteiger partial charge in [0, 0.05) is 19.2 Å². The largest absolute Gasteiger partial charge is 0.722 e. The number of methoxy groups -OCH3 is 1. The van der Waals surface area contributed by atoms with E-state index in [1.165, 1.54) is 5.56 Å². The van der Waals surface area contributed by atoms with Crippen molar-refractivity contribution in [2.45, 2.75) is 30.4 Å². The maximum Gasteiger partial charge on any atom is 0.278 e. The molecule has 2 rings (SSSR count). The number of hydrogen-bond donors (Lipinski definition) is 1. The average molecular weight is 423 g/mol. The molecule has 1 aromatic carbocycles. The molecule has 1 N–H and O–H groups in total. The van der Waals surface area contributed by atoms with Crippen LogP contribution in [0, 0.1) is 0 Å².